The zero-order valence-electron chi connectivity index (χ0n) is 10.9. The van der Waals surface area contributed by atoms with Crippen molar-refractivity contribution in [1.82, 2.24) is 0 Å². The van der Waals surface area contributed by atoms with Crippen LogP contribution in [0.25, 0.3) is 0 Å². The molecule has 1 atom stereocenters. The van der Waals surface area contributed by atoms with E-state index < -0.39 is 0 Å². The summed E-state index contributed by atoms with van der Waals surface area (Å²) >= 11 is 0. The maximum Gasteiger partial charge on any atom is 0.135 e. The second-order valence-corrected chi connectivity index (χ2v) is 5.69. The Kier molecular flexibility index (Phi) is 5.07. The van der Waals surface area contributed by atoms with Crippen molar-refractivity contribution in [3.05, 3.63) is 0 Å². The molecular formula is C13H30N3+3. The zero-order valence-corrected chi connectivity index (χ0v) is 10.9. The van der Waals surface area contributed by atoms with Gasteiger partial charge in [0.1, 0.15) is 38.8 Å². The summed E-state index contributed by atoms with van der Waals surface area (Å²) in [6.45, 7) is 12.1. The molecule has 0 spiro atoms. The number of likely N-dealkylation sites (N-methyl/N-ethyl adjacent to an activating group) is 1. The molecule has 0 radical (unpaired) electrons. The van der Waals surface area contributed by atoms with Gasteiger partial charge in [-0.05, 0) is 26.2 Å². The van der Waals surface area contributed by atoms with E-state index in [1.807, 2.05) is 9.80 Å². The van der Waals surface area contributed by atoms with Crippen molar-refractivity contribution >= 4 is 0 Å². The van der Waals surface area contributed by atoms with Crippen LogP contribution in [0.3, 0.4) is 0 Å². The third-order valence-electron chi connectivity index (χ3n) is 4.49. The van der Waals surface area contributed by atoms with Gasteiger partial charge in [-0.25, -0.2) is 0 Å². The van der Waals surface area contributed by atoms with Gasteiger partial charge in [0, 0.05) is 6.42 Å². The molecule has 2 rings (SSSR count). The first-order valence-electron chi connectivity index (χ1n) is 7.39. The molecule has 16 heavy (non-hydrogen) atoms. The monoisotopic (exact) mass is 228 g/mol. The van der Waals surface area contributed by atoms with Crippen LogP contribution in [0.5, 0.6) is 0 Å². The predicted octanol–water partition coefficient (Wildman–Crippen LogP) is -2.70. The van der Waals surface area contributed by atoms with Gasteiger partial charge in [0.25, 0.3) is 0 Å². The molecule has 0 aromatic rings. The molecule has 0 bridgehead atoms. The van der Waals surface area contributed by atoms with Crippen LogP contribution in [-0.4, -0.2) is 51.9 Å². The van der Waals surface area contributed by atoms with Crippen LogP contribution in [0.1, 0.15) is 32.6 Å². The highest BCUT2D eigenvalue weighted by Gasteiger charge is 2.26. The summed E-state index contributed by atoms with van der Waals surface area (Å²) in [4.78, 5) is 3.69. The van der Waals surface area contributed by atoms with Gasteiger partial charge in [0.05, 0.1) is 13.1 Å². The number of piperazine rings is 1. The van der Waals surface area contributed by atoms with Gasteiger partial charge in [-0.15, -0.1) is 0 Å². The summed E-state index contributed by atoms with van der Waals surface area (Å²) in [5.41, 5.74) is 0. The van der Waals surface area contributed by atoms with Gasteiger partial charge in [-0.2, -0.15) is 0 Å². The first-order valence-corrected chi connectivity index (χ1v) is 7.39. The van der Waals surface area contributed by atoms with E-state index in [1.165, 1.54) is 71.5 Å². The van der Waals surface area contributed by atoms with E-state index in [-0.39, 0.29) is 0 Å². The molecule has 0 unspecified atom stereocenters. The molecule has 2 fully saturated rings. The van der Waals surface area contributed by atoms with E-state index in [1.54, 1.807) is 0 Å². The quantitative estimate of drug-likeness (QED) is 0.469. The molecule has 0 amide bonds. The minimum Gasteiger partial charge on any atom is -0.339 e. The fourth-order valence-electron chi connectivity index (χ4n) is 3.27. The second kappa shape index (κ2) is 6.58. The largest absolute Gasteiger partial charge is 0.339 e. The van der Waals surface area contributed by atoms with E-state index >= 15 is 0 Å². The van der Waals surface area contributed by atoms with E-state index in [0.29, 0.717) is 0 Å². The van der Waals surface area contributed by atoms with Crippen LogP contribution in [-0.2, 0) is 0 Å². The van der Waals surface area contributed by atoms with E-state index in [4.69, 9.17) is 0 Å². The number of nitrogens with one attached hydrogen (secondary N) is 2. The SMILES string of the molecule is CC[NH+]1CC[NH+](C[C@@H]2CCCCC[NH2+]2)CC1. The van der Waals surface area contributed by atoms with Crippen LogP contribution in [0.15, 0.2) is 0 Å². The van der Waals surface area contributed by atoms with Crippen LogP contribution < -0.4 is 15.1 Å². The Morgan fingerprint density at radius 1 is 1.00 bits per heavy atom. The average Bonchev–Trinajstić information content (AvgIpc) is 2.59. The molecule has 0 aromatic heterocycles. The number of quaternary nitrogens is 3. The number of hydrogen-bond acceptors (Lipinski definition) is 0. The van der Waals surface area contributed by atoms with Crippen LogP contribution in [0.4, 0.5) is 0 Å². The van der Waals surface area contributed by atoms with Crippen molar-refractivity contribution in [3.8, 4) is 0 Å². The van der Waals surface area contributed by atoms with Crippen LogP contribution in [0.2, 0.25) is 0 Å². The fraction of sp³-hybridized carbons (Fsp3) is 1.00. The summed E-state index contributed by atoms with van der Waals surface area (Å²) in [5, 5.41) is 2.62. The summed E-state index contributed by atoms with van der Waals surface area (Å²) in [5.74, 6) is 0. The third-order valence-corrected chi connectivity index (χ3v) is 4.49. The summed E-state index contributed by atoms with van der Waals surface area (Å²) in [7, 11) is 0. The first-order chi connectivity index (χ1) is 7.88. The summed E-state index contributed by atoms with van der Waals surface area (Å²) in [6.07, 6.45) is 5.85. The van der Waals surface area contributed by atoms with Crippen molar-refractivity contribution in [1.29, 1.82) is 0 Å². The summed E-state index contributed by atoms with van der Waals surface area (Å²) in [6, 6.07) is 0.931. The molecule has 3 nitrogen and oxygen atoms in total. The Balaban J connectivity index is 1.69. The average molecular weight is 228 g/mol. The van der Waals surface area contributed by atoms with Crippen molar-refractivity contribution in [2.75, 3.05) is 45.8 Å². The summed E-state index contributed by atoms with van der Waals surface area (Å²) < 4.78 is 0. The normalized spacial score (nSPS) is 36.9. The van der Waals surface area contributed by atoms with E-state index in [2.05, 4.69) is 12.2 Å². The number of nitrogens with two attached hydrogens (primary N) is 1. The third kappa shape index (κ3) is 3.72. The Morgan fingerprint density at radius 3 is 2.50 bits per heavy atom. The van der Waals surface area contributed by atoms with Crippen molar-refractivity contribution in [2.24, 2.45) is 0 Å². The van der Waals surface area contributed by atoms with Crippen molar-refractivity contribution in [2.45, 2.75) is 38.6 Å². The molecule has 2 aliphatic rings. The van der Waals surface area contributed by atoms with Gasteiger partial charge in [-0.3, -0.25) is 0 Å². The van der Waals surface area contributed by atoms with E-state index in [0.717, 1.165) is 6.04 Å². The topological polar surface area (TPSA) is 25.5 Å². The van der Waals surface area contributed by atoms with Gasteiger partial charge in [0.15, 0.2) is 0 Å². The molecule has 2 heterocycles. The Hall–Kier alpha value is -0.120. The lowest BCUT2D eigenvalue weighted by molar-refractivity contribution is -1.02. The van der Waals surface area contributed by atoms with E-state index in [9.17, 15) is 0 Å². The second-order valence-electron chi connectivity index (χ2n) is 5.69. The van der Waals surface area contributed by atoms with Gasteiger partial charge in [-0.1, -0.05) is 0 Å². The van der Waals surface area contributed by atoms with Crippen molar-refractivity contribution in [3.63, 3.8) is 0 Å². The fourth-order valence-corrected chi connectivity index (χ4v) is 3.27. The van der Waals surface area contributed by atoms with Gasteiger partial charge in [0.2, 0.25) is 0 Å². The smallest absolute Gasteiger partial charge is 0.135 e. The predicted molar refractivity (Wildman–Crippen MR) is 65.8 cm³/mol. The Labute approximate surface area is 100 Å². The number of rotatable bonds is 3. The lowest BCUT2D eigenvalue weighted by atomic mass is 10.1. The molecule has 0 aliphatic carbocycles. The lowest BCUT2D eigenvalue weighted by Crippen LogP contribution is -3.29. The highest BCUT2D eigenvalue weighted by atomic mass is 15.3. The maximum atomic E-state index is 2.62. The highest BCUT2D eigenvalue weighted by Crippen LogP contribution is 2.02. The standard InChI is InChI=1S/C13H27N3/c1-2-15-8-10-16(11-9-15)12-13-6-4-3-5-7-14-13/h13-14H,2-12H2,1H3/p+3/t13-/m0/s1. The first kappa shape index (κ1) is 12.3. The van der Waals surface area contributed by atoms with Crippen LogP contribution >= 0.6 is 0 Å². The molecule has 2 aliphatic heterocycles. The molecule has 94 valence electrons. The number of hydrogen-bond donors (Lipinski definition) is 3. The minimum atomic E-state index is 0.931. The molecule has 2 saturated heterocycles. The molecule has 4 N–H and O–H groups in total. The van der Waals surface area contributed by atoms with Gasteiger partial charge >= 0.3 is 0 Å². The highest BCUT2D eigenvalue weighted by molar-refractivity contribution is 4.57. The minimum absolute atomic E-state index is 0.931. The molecule has 3 heteroatoms. The van der Waals surface area contributed by atoms with Crippen LogP contribution in [0, 0.1) is 0 Å². The molecular weight excluding hydrogens is 198 g/mol. The van der Waals surface area contributed by atoms with Crippen molar-refractivity contribution < 1.29 is 15.1 Å². The Bertz CT molecular complexity index is 180. The van der Waals surface area contributed by atoms with Gasteiger partial charge < -0.3 is 15.1 Å². The zero-order chi connectivity index (χ0) is 11.2. The Morgan fingerprint density at radius 2 is 1.75 bits per heavy atom. The maximum absolute atomic E-state index is 2.62. The molecule has 0 saturated carbocycles. The lowest BCUT2D eigenvalue weighted by Gasteiger charge is -2.30. The molecule has 0 aromatic carbocycles.